The van der Waals surface area contributed by atoms with Gasteiger partial charge in [-0.1, -0.05) is 0 Å². The van der Waals surface area contributed by atoms with Gasteiger partial charge in [0.15, 0.2) is 11.5 Å². The molecular weight excluding hydrogens is 508 g/mol. The summed E-state index contributed by atoms with van der Waals surface area (Å²) in [6.45, 7) is 11.7. The van der Waals surface area contributed by atoms with Crippen LogP contribution in [0.2, 0.25) is 0 Å². The molecule has 0 bridgehead atoms. The molecule has 5 aromatic rings. The monoisotopic (exact) mass is 540 g/mol. The first-order valence-corrected chi connectivity index (χ1v) is 13.5. The highest BCUT2D eigenvalue weighted by Gasteiger charge is 2.21. The molecular formula is C32H32N2O6. The fraction of sp³-hybridized carbons (Fsp3) is 0.250. The molecule has 8 heteroatoms. The fourth-order valence-electron chi connectivity index (χ4n) is 5.08. The van der Waals surface area contributed by atoms with E-state index in [0.717, 1.165) is 37.6 Å². The predicted molar refractivity (Wildman–Crippen MR) is 160 cm³/mol. The van der Waals surface area contributed by atoms with Crippen molar-refractivity contribution in [2.75, 3.05) is 36.0 Å². The number of aromatic hydroxyl groups is 2. The quantitative estimate of drug-likeness (QED) is 0.220. The highest BCUT2D eigenvalue weighted by molar-refractivity contribution is 5.95. The van der Waals surface area contributed by atoms with E-state index in [0.29, 0.717) is 11.1 Å². The summed E-state index contributed by atoms with van der Waals surface area (Å²) in [6.07, 6.45) is 0. The van der Waals surface area contributed by atoms with Crippen LogP contribution in [0.15, 0.2) is 79.1 Å². The first kappa shape index (κ1) is 26.9. The van der Waals surface area contributed by atoms with Gasteiger partial charge in [0.1, 0.15) is 11.2 Å². The van der Waals surface area contributed by atoms with Crippen molar-refractivity contribution in [1.82, 2.24) is 0 Å². The van der Waals surface area contributed by atoms with Crippen LogP contribution < -0.4 is 20.7 Å². The Morgan fingerprint density at radius 3 is 1.25 bits per heavy atom. The zero-order valence-corrected chi connectivity index (χ0v) is 23.0. The van der Waals surface area contributed by atoms with Crippen LogP contribution in [0.1, 0.15) is 27.7 Å². The van der Waals surface area contributed by atoms with E-state index in [2.05, 4.69) is 37.5 Å². The van der Waals surface area contributed by atoms with E-state index in [4.69, 9.17) is 8.83 Å². The van der Waals surface area contributed by atoms with E-state index in [1.807, 2.05) is 24.3 Å². The summed E-state index contributed by atoms with van der Waals surface area (Å²) in [7, 11) is 0. The normalized spacial score (nSPS) is 11.3. The van der Waals surface area contributed by atoms with Crippen LogP contribution in [0.25, 0.3) is 44.6 Å². The molecule has 0 spiro atoms. The summed E-state index contributed by atoms with van der Waals surface area (Å²) in [5.74, 6) is -1.06. The Balaban J connectivity index is 1.63. The molecule has 0 saturated carbocycles. The molecule has 5 rings (SSSR count). The lowest BCUT2D eigenvalue weighted by Gasteiger charge is -2.21. The molecule has 206 valence electrons. The largest absolute Gasteiger partial charge is 0.502 e. The van der Waals surface area contributed by atoms with E-state index in [9.17, 15) is 19.8 Å². The van der Waals surface area contributed by atoms with Crippen LogP contribution in [-0.4, -0.2) is 36.4 Å². The van der Waals surface area contributed by atoms with Crippen molar-refractivity contribution < 1.29 is 19.0 Å². The maximum absolute atomic E-state index is 13.1. The van der Waals surface area contributed by atoms with Crippen molar-refractivity contribution >= 4 is 33.3 Å². The maximum Gasteiger partial charge on any atom is 0.235 e. The predicted octanol–water partition coefficient (Wildman–Crippen LogP) is 6.34. The van der Waals surface area contributed by atoms with Gasteiger partial charge in [0.25, 0.3) is 0 Å². The SMILES string of the molecule is CCN(CC)c1ccc(-c2oc3cc4oc(-c5ccc(N(CC)CC)cc5)c(O)c(=O)c4cc3c(=O)c2O)cc1. The van der Waals surface area contributed by atoms with Gasteiger partial charge in [-0.05, 0) is 82.3 Å². The molecule has 0 fully saturated rings. The molecule has 0 aliphatic carbocycles. The van der Waals surface area contributed by atoms with Crippen LogP contribution in [-0.2, 0) is 0 Å². The van der Waals surface area contributed by atoms with E-state index >= 15 is 0 Å². The Morgan fingerprint density at radius 1 is 0.575 bits per heavy atom. The van der Waals surface area contributed by atoms with Crippen molar-refractivity contribution in [2.45, 2.75) is 27.7 Å². The Labute approximate surface area is 231 Å². The van der Waals surface area contributed by atoms with Crippen LogP contribution in [0.5, 0.6) is 11.5 Å². The molecule has 0 aliphatic heterocycles. The lowest BCUT2D eigenvalue weighted by atomic mass is 10.1. The zero-order chi connectivity index (χ0) is 28.6. The average molecular weight is 541 g/mol. The van der Waals surface area contributed by atoms with Gasteiger partial charge >= 0.3 is 0 Å². The minimum absolute atomic E-state index is 0.0107. The number of rotatable bonds is 8. The second-order valence-electron chi connectivity index (χ2n) is 9.50. The molecule has 0 unspecified atom stereocenters. The summed E-state index contributed by atoms with van der Waals surface area (Å²) in [5.41, 5.74) is 2.04. The summed E-state index contributed by atoms with van der Waals surface area (Å²) in [5, 5.41) is 21.5. The van der Waals surface area contributed by atoms with Crippen LogP contribution in [0.3, 0.4) is 0 Å². The first-order chi connectivity index (χ1) is 19.3. The third-order valence-electron chi connectivity index (χ3n) is 7.37. The van der Waals surface area contributed by atoms with Crippen molar-refractivity contribution in [3.63, 3.8) is 0 Å². The van der Waals surface area contributed by atoms with Gasteiger partial charge in [-0.2, -0.15) is 0 Å². The van der Waals surface area contributed by atoms with E-state index in [1.54, 1.807) is 24.3 Å². The number of hydrogen-bond donors (Lipinski definition) is 2. The summed E-state index contributed by atoms with van der Waals surface area (Å²) >= 11 is 0. The second kappa shape index (κ2) is 10.8. The Bertz CT molecular complexity index is 1670. The third-order valence-corrected chi connectivity index (χ3v) is 7.37. The third kappa shape index (κ3) is 4.55. The highest BCUT2D eigenvalue weighted by Crippen LogP contribution is 2.35. The summed E-state index contributed by atoms with van der Waals surface area (Å²) in [6, 6.07) is 17.5. The Hall–Kier alpha value is -4.72. The molecule has 0 saturated heterocycles. The van der Waals surface area contributed by atoms with Gasteiger partial charge in [0, 0.05) is 54.7 Å². The van der Waals surface area contributed by atoms with Gasteiger partial charge in [-0.25, -0.2) is 0 Å². The highest BCUT2D eigenvalue weighted by atomic mass is 16.4. The topological polar surface area (TPSA) is 107 Å². The van der Waals surface area contributed by atoms with Crippen molar-refractivity contribution in [3.8, 4) is 34.1 Å². The molecule has 3 aromatic carbocycles. The Kier molecular flexibility index (Phi) is 7.26. The van der Waals surface area contributed by atoms with Crippen LogP contribution >= 0.6 is 0 Å². The number of benzene rings is 3. The summed E-state index contributed by atoms with van der Waals surface area (Å²) < 4.78 is 12.0. The van der Waals surface area contributed by atoms with Gasteiger partial charge in [0.2, 0.25) is 22.4 Å². The van der Waals surface area contributed by atoms with Gasteiger partial charge in [-0.15, -0.1) is 0 Å². The standard InChI is InChI=1S/C32H32N2O6/c1-5-33(6-2)21-13-9-19(10-14-21)31-29(37)27(35)23-17-24-26(18-25(23)39-31)40-32(30(38)28(24)36)20-11-15-22(16-12-20)34(7-3)8-4/h9-18,37-38H,5-8H2,1-4H3. The zero-order valence-electron chi connectivity index (χ0n) is 23.0. The minimum atomic E-state index is -0.680. The molecule has 0 radical (unpaired) electrons. The van der Waals surface area contributed by atoms with E-state index in [1.165, 1.54) is 12.1 Å². The van der Waals surface area contributed by atoms with Crippen LogP contribution in [0, 0.1) is 0 Å². The molecule has 8 nitrogen and oxygen atoms in total. The lowest BCUT2D eigenvalue weighted by Crippen LogP contribution is -2.21. The Morgan fingerprint density at radius 2 is 0.925 bits per heavy atom. The van der Waals surface area contributed by atoms with E-state index < -0.39 is 22.4 Å². The molecule has 2 aromatic heterocycles. The van der Waals surface area contributed by atoms with E-state index in [-0.39, 0.29) is 33.5 Å². The summed E-state index contributed by atoms with van der Waals surface area (Å²) in [4.78, 5) is 30.6. The first-order valence-electron chi connectivity index (χ1n) is 13.5. The molecule has 2 heterocycles. The molecule has 2 N–H and O–H groups in total. The smallest absolute Gasteiger partial charge is 0.235 e. The lowest BCUT2D eigenvalue weighted by molar-refractivity contribution is 0.447. The second-order valence-corrected chi connectivity index (χ2v) is 9.50. The number of nitrogens with zero attached hydrogens (tertiary/aromatic N) is 2. The molecule has 40 heavy (non-hydrogen) atoms. The van der Waals surface area contributed by atoms with Gasteiger partial charge in [0.05, 0.1) is 10.8 Å². The van der Waals surface area contributed by atoms with Crippen molar-refractivity contribution in [2.24, 2.45) is 0 Å². The van der Waals surface area contributed by atoms with Gasteiger partial charge in [-0.3, -0.25) is 9.59 Å². The molecule has 0 amide bonds. The molecule has 0 aliphatic rings. The fourth-order valence-corrected chi connectivity index (χ4v) is 5.08. The maximum atomic E-state index is 13.1. The van der Waals surface area contributed by atoms with Crippen molar-refractivity contribution in [3.05, 3.63) is 81.1 Å². The van der Waals surface area contributed by atoms with Crippen molar-refractivity contribution in [1.29, 1.82) is 0 Å². The molecule has 0 atom stereocenters. The number of fused-ring (bicyclic) bond motifs is 2. The van der Waals surface area contributed by atoms with Crippen LogP contribution in [0.4, 0.5) is 11.4 Å². The average Bonchev–Trinajstić information content (AvgIpc) is 2.98. The number of anilines is 2. The minimum Gasteiger partial charge on any atom is -0.502 e. The number of hydrogen-bond acceptors (Lipinski definition) is 8. The van der Waals surface area contributed by atoms with Gasteiger partial charge < -0.3 is 28.8 Å².